The molecule has 7 heteroatoms. The zero-order chi connectivity index (χ0) is 21.2. The molecule has 0 fully saturated rings. The van der Waals surface area contributed by atoms with Crippen molar-refractivity contribution in [2.45, 2.75) is 19.8 Å². The highest BCUT2D eigenvalue weighted by Crippen LogP contribution is 2.17. The van der Waals surface area contributed by atoms with E-state index in [0.29, 0.717) is 42.1 Å². The number of hydrogen-bond donors (Lipinski definition) is 2. The molecule has 2 aromatic carbocycles. The van der Waals surface area contributed by atoms with E-state index in [-0.39, 0.29) is 24.1 Å². The Bertz CT molecular complexity index is 847. The standard InChI is InChI=1S/C22H27N3O4/c1-4-29-19-9-6-5-8-18(19)21(27)23-15-7-10-20(26)24-17-13-11-16(12-14-17)22(28)25(2)3/h5-6,8-9,11-14H,4,7,10,15H2,1-3H3,(H,23,27)(H,24,26). The van der Waals surface area contributed by atoms with Crippen molar-refractivity contribution < 1.29 is 19.1 Å². The number of nitrogens with one attached hydrogen (secondary N) is 2. The summed E-state index contributed by atoms with van der Waals surface area (Å²) in [6.45, 7) is 2.72. The molecule has 0 aliphatic carbocycles. The number of nitrogens with zero attached hydrogens (tertiary/aromatic N) is 1. The average molecular weight is 397 g/mol. The monoisotopic (exact) mass is 397 g/mol. The molecule has 0 aliphatic heterocycles. The number of rotatable bonds is 9. The summed E-state index contributed by atoms with van der Waals surface area (Å²) >= 11 is 0. The molecule has 0 unspecified atom stereocenters. The fraction of sp³-hybridized carbons (Fsp3) is 0.318. The predicted octanol–water partition coefficient (Wildman–Crippen LogP) is 2.94. The first-order valence-electron chi connectivity index (χ1n) is 9.54. The van der Waals surface area contributed by atoms with Gasteiger partial charge in [0.15, 0.2) is 0 Å². The minimum Gasteiger partial charge on any atom is -0.493 e. The Kier molecular flexibility index (Phi) is 8.21. The molecule has 2 aromatic rings. The van der Waals surface area contributed by atoms with Crippen molar-refractivity contribution in [3.8, 4) is 5.75 Å². The zero-order valence-electron chi connectivity index (χ0n) is 17.0. The minimum absolute atomic E-state index is 0.0930. The van der Waals surface area contributed by atoms with Gasteiger partial charge >= 0.3 is 0 Å². The maximum absolute atomic E-state index is 12.3. The van der Waals surface area contributed by atoms with E-state index in [4.69, 9.17) is 4.74 Å². The summed E-state index contributed by atoms with van der Waals surface area (Å²) in [6.07, 6.45) is 0.775. The van der Waals surface area contributed by atoms with E-state index in [0.717, 1.165) is 0 Å². The fourth-order valence-electron chi connectivity index (χ4n) is 2.66. The highest BCUT2D eigenvalue weighted by molar-refractivity contribution is 5.97. The summed E-state index contributed by atoms with van der Waals surface area (Å²) in [5.41, 5.74) is 1.66. The third-order valence-electron chi connectivity index (χ3n) is 4.12. The second-order valence-electron chi connectivity index (χ2n) is 6.61. The van der Waals surface area contributed by atoms with Crippen LogP contribution in [0, 0.1) is 0 Å². The Morgan fingerprint density at radius 1 is 1.00 bits per heavy atom. The molecular formula is C22H27N3O4. The average Bonchev–Trinajstić information content (AvgIpc) is 2.71. The quantitative estimate of drug-likeness (QED) is 0.637. The molecule has 2 N–H and O–H groups in total. The van der Waals surface area contributed by atoms with Crippen LogP contribution in [0.25, 0.3) is 0 Å². The maximum atomic E-state index is 12.3. The summed E-state index contributed by atoms with van der Waals surface area (Å²) in [5, 5.41) is 5.59. The van der Waals surface area contributed by atoms with Crippen LogP contribution in [0.1, 0.15) is 40.5 Å². The smallest absolute Gasteiger partial charge is 0.255 e. The molecule has 0 saturated heterocycles. The van der Waals surface area contributed by atoms with Crippen molar-refractivity contribution >= 4 is 23.4 Å². The largest absolute Gasteiger partial charge is 0.493 e. The van der Waals surface area contributed by atoms with Crippen LogP contribution in [0.4, 0.5) is 5.69 Å². The van der Waals surface area contributed by atoms with Gasteiger partial charge in [-0.1, -0.05) is 12.1 Å². The number of hydrogen-bond acceptors (Lipinski definition) is 4. The molecule has 154 valence electrons. The lowest BCUT2D eigenvalue weighted by Gasteiger charge is -2.11. The Labute approximate surface area is 171 Å². The Hall–Kier alpha value is -3.35. The molecule has 0 spiro atoms. The molecule has 0 atom stereocenters. The van der Waals surface area contributed by atoms with Crippen LogP contribution in [0.2, 0.25) is 0 Å². The van der Waals surface area contributed by atoms with Crippen LogP contribution < -0.4 is 15.4 Å². The first-order chi connectivity index (χ1) is 13.9. The Morgan fingerprint density at radius 3 is 2.34 bits per heavy atom. The molecule has 0 aromatic heterocycles. The molecule has 29 heavy (non-hydrogen) atoms. The number of anilines is 1. The van der Waals surface area contributed by atoms with Gasteiger partial charge in [-0.25, -0.2) is 0 Å². The first-order valence-corrected chi connectivity index (χ1v) is 9.54. The highest BCUT2D eigenvalue weighted by atomic mass is 16.5. The number of carbonyl (C=O) groups is 3. The Balaban J connectivity index is 1.76. The normalized spacial score (nSPS) is 10.2. The van der Waals surface area contributed by atoms with Crippen LogP contribution in [-0.2, 0) is 4.79 Å². The Morgan fingerprint density at radius 2 is 1.69 bits per heavy atom. The number of ether oxygens (including phenoxy) is 1. The zero-order valence-corrected chi connectivity index (χ0v) is 17.0. The molecule has 0 radical (unpaired) electrons. The van der Waals surface area contributed by atoms with Gasteiger partial charge in [-0.15, -0.1) is 0 Å². The molecular weight excluding hydrogens is 370 g/mol. The lowest BCUT2D eigenvalue weighted by molar-refractivity contribution is -0.116. The second-order valence-corrected chi connectivity index (χ2v) is 6.61. The molecule has 0 bridgehead atoms. The van der Waals surface area contributed by atoms with Gasteiger partial charge in [0.05, 0.1) is 12.2 Å². The van der Waals surface area contributed by atoms with Gasteiger partial charge in [0.2, 0.25) is 5.91 Å². The molecule has 0 heterocycles. The van der Waals surface area contributed by atoms with Gasteiger partial charge in [0.25, 0.3) is 11.8 Å². The fourth-order valence-corrected chi connectivity index (χ4v) is 2.66. The van der Waals surface area contributed by atoms with Crippen LogP contribution in [0.5, 0.6) is 5.75 Å². The van der Waals surface area contributed by atoms with E-state index in [1.54, 1.807) is 56.6 Å². The van der Waals surface area contributed by atoms with E-state index >= 15 is 0 Å². The van der Waals surface area contributed by atoms with Crippen molar-refractivity contribution in [3.05, 3.63) is 59.7 Å². The molecule has 0 saturated carbocycles. The summed E-state index contributed by atoms with van der Waals surface area (Å²) < 4.78 is 5.46. The van der Waals surface area contributed by atoms with E-state index in [1.165, 1.54) is 4.90 Å². The first kappa shape index (κ1) is 21.9. The molecule has 0 aliphatic rings. The summed E-state index contributed by atoms with van der Waals surface area (Å²) in [4.78, 5) is 37.7. The summed E-state index contributed by atoms with van der Waals surface area (Å²) in [7, 11) is 3.37. The topological polar surface area (TPSA) is 87.7 Å². The minimum atomic E-state index is -0.226. The van der Waals surface area contributed by atoms with E-state index in [2.05, 4.69) is 10.6 Å². The highest BCUT2D eigenvalue weighted by Gasteiger charge is 2.12. The predicted molar refractivity (Wildman–Crippen MR) is 112 cm³/mol. The molecule has 3 amide bonds. The lowest BCUT2D eigenvalue weighted by atomic mass is 10.1. The SMILES string of the molecule is CCOc1ccccc1C(=O)NCCCC(=O)Nc1ccc(C(=O)N(C)C)cc1. The summed E-state index contributed by atoms with van der Waals surface area (Å²) in [6, 6.07) is 13.8. The van der Waals surface area contributed by atoms with E-state index in [9.17, 15) is 14.4 Å². The molecule has 7 nitrogen and oxygen atoms in total. The summed E-state index contributed by atoms with van der Waals surface area (Å²) in [5.74, 6) is 0.0715. The van der Waals surface area contributed by atoms with Gasteiger partial charge in [-0.2, -0.15) is 0 Å². The van der Waals surface area contributed by atoms with Crippen molar-refractivity contribution in [1.29, 1.82) is 0 Å². The maximum Gasteiger partial charge on any atom is 0.255 e. The van der Waals surface area contributed by atoms with Gasteiger partial charge < -0.3 is 20.3 Å². The van der Waals surface area contributed by atoms with Crippen molar-refractivity contribution in [2.24, 2.45) is 0 Å². The van der Waals surface area contributed by atoms with Crippen LogP contribution in [0.3, 0.4) is 0 Å². The van der Waals surface area contributed by atoms with Crippen LogP contribution in [0.15, 0.2) is 48.5 Å². The third-order valence-corrected chi connectivity index (χ3v) is 4.12. The van der Waals surface area contributed by atoms with E-state index < -0.39 is 0 Å². The lowest BCUT2D eigenvalue weighted by Crippen LogP contribution is -2.26. The van der Waals surface area contributed by atoms with Gasteiger partial charge in [0, 0.05) is 38.3 Å². The van der Waals surface area contributed by atoms with Crippen molar-refractivity contribution in [1.82, 2.24) is 10.2 Å². The number of para-hydroxylation sites is 1. The van der Waals surface area contributed by atoms with Gasteiger partial charge in [-0.05, 0) is 49.7 Å². The van der Waals surface area contributed by atoms with Gasteiger partial charge in [-0.3, -0.25) is 14.4 Å². The third kappa shape index (κ3) is 6.64. The number of amides is 3. The van der Waals surface area contributed by atoms with E-state index in [1.807, 2.05) is 13.0 Å². The molecule has 2 rings (SSSR count). The number of carbonyl (C=O) groups excluding carboxylic acids is 3. The van der Waals surface area contributed by atoms with Crippen LogP contribution >= 0.6 is 0 Å². The van der Waals surface area contributed by atoms with Gasteiger partial charge in [0.1, 0.15) is 5.75 Å². The van der Waals surface area contributed by atoms with Crippen LogP contribution in [-0.4, -0.2) is 49.9 Å². The number of benzene rings is 2. The van der Waals surface area contributed by atoms with Crippen molar-refractivity contribution in [3.63, 3.8) is 0 Å². The van der Waals surface area contributed by atoms with Crippen molar-refractivity contribution in [2.75, 3.05) is 32.6 Å². The second kappa shape index (κ2) is 10.8.